The predicted molar refractivity (Wildman–Crippen MR) is 105 cm³/mol. The van der Waals surface area contributed by atoms with Crippen molar-refractivity contribution < 1.29 is 4.52 Å². The van der Waals surface area contributed by atoms with Crippen LogP contribution in [0.1, 0.15) is 55.5 Å². The molecule has 0 amide bonds. The number of nitrogens with zero attached hydrogens (tertiary/aromatic N) is 6. The second-order valence-corrected chi connectivity index (χ2v) is 7.78. The summed E-state index contributed by atoms with van der Waals surface area (Å²) in [7, 11) is 0. The number of aromatic nitrogens is 6. The van der Waals surface area contributed by atoms with Crippen LogP contribution < -0.4 is 4.90 Å². The predicted octanol–water partition coefficient (Wildman–Crippen LogP) is 3.48. The molecule has 1 aliphatic heterocycles. The van der Waals surface area contributed by atoms with Gasteiger partial charge < -0.3 is 9.42 Å². The van der Waals surface area contributed by atoms with Crippen LogP contribution in [0.15, 0.2) is 10.6 Å². The maximum Gasteiger partial charge on any atom is 0.209 e. The van der Waals surface area contributed by atoms with Gasteiger partial charge in [-0.15, -0.1) is 10.2 Å². The molecule has 8 heteroatoms. The number of tetrazole rings is 1. The average molecular weight is 379 g/mol. The number of H-pyrrole nitrogens is 1. The highest BCUT2D eigenvalue weighted by atomic mass is 16.5. The molecule has 0 bridgehead atoms. The highest BCUT2D eigenvalue weighted by Crippen LogP contribution is 2.42. The highest BCUT2D eigenvalue weighted by molar-refractivity contribution is 5.89. The molecule has 3 aromatic heterocycles. The van der Waals surface area contributed by atoms with E-state index >= 15 is 0 Å². The SMILES string of the molecule is Cc1cc(-c2c3c(nc(N4CCCCC4)c2-c2nn[nH]n2)CCCCC3)no1. The fourth-order valence-corrected chi connectivity index (χ4v) is 4.49. The molecule has 0 unspecified atom stereocenters. The summed E-state index contributed by atoms with van der Waals surface area (Å²) in [6, 6.07) is 2.00. The molecule has 0 saturated carbocycles. The molecular weight excluding hydrogens is 354 g/mol. The van der Waals surface area contributed by atoms with Crippen molar-refractivity contribution in [1.82, 2.24) is 30.8 Å². The normalized spacial score (nSPS) is 17.4. The number of rotatable bonds is 3. The van der Waals surface area contributed by atoms with Crippen LogP contribution in [0, 0.1) is 6.92 Å². The van der Waals surface area contributed by atoms with Crippen LogP contribution in [0.5, 0.6) is 0 Å². The lowest BCUT2D eigenvalue weighted by Crippen LogP contribution is -2.31. The monoisotopic (exact) mass is 379 g/mol. The molecule has 4 heterocycles. The average Bonchev–Trinajstić information content (AvgIpc) is 3.34. The zero-order chi connectivity index (χ0) is 18.9. The van der Waals surface area contributed by atoms with Crippen LogP contribution >= 0.6 is 0 Å². The first kappa shape index (κ1) is 17.3. The van der Waals surface area contributed by atoms with Crippen molar-refractivity contribution in [3.05, 3.63) is 23.1 Å². The lowest BCUT2D eigenvalue weighted by Gasteiger charge is -2.31. The first-order valence-corrected chi connectivity index (χ1v) is 10.3. The van der Waals surface area contributed by atoms with Crippen molar-refractivity contribution in [2.75, 3.05) is 18.0 Å². The molecule has 1 aliphatic carbocycles. The molecule has 0 spiro atoms. The molecule has 146 valence electrons. The number of aryl methyl sites for hydroxylation is 2. The quantitative estimate of drug-likeness (QED) is 0.696. The lowest BCUT2D eigenvalue weighted by molar-refractivity contribution is 0.399. The van der Waals surface area contributed by atoms with E-state index in [1.54, 1.807) is 0 Å². The zero-order valence-electron chi connectivity index (χ0n) is 16.2. The zero-order valence-corrected chi connectivity index (χ0v) is 16.2. The van der Waals surface area contributed by atoms with Gasteiger partial charge >= 0.3 is 0 Å². The molecule has 1 N–H and O–H groups in total. The van der Waals surface area contributed by atoms with Gasteiger partial charge in [-0.2, -0.15) is 5.21 Å². The van der Waals surface area contributed by atoms with Gasteiger partial charge in [-0.3, -0.25) is 0 Å². The number of anilines is 1. The summed E-state index contributed by atoms with van der Waals surface area (Å²) in [5, 5.41) is 19.5. The number of hydrogen-bond donors (Lipinski definition) is 1. The highest BCUT2D eigenvalue weighted by Gasteiger charge is 2.29. The Morgan fingerprint density at radius 2 is 1.82 bits per heavy atom. The topological polar surface area (TPSA) is 96.6 Å². The van der Waals surface area contributed by atoms with Crippen molar-refractivity contribution in [3.8, 4) is 22.6 Å². The van der Waals surface area contributed by atoms with Gasteiger partial charge in [0, 0.05) is 30.4 Å². The minimum atomic E-state index is 0.579. The summed E-state index contributed by atoms with van der Waals surface area (Å²) >= 11 is 0. The van der Waals surface area contributed by atoms with Crippen molar-refractivity contribution in [1.29, 1.82) is 0 Å². The molecule has 2 aliphatic rings. The van der Waals surface area contributed by atoms with E-state index in [4.69, 9.17) is 9.51 Å². The maximum atomic E-state index is 5.45. The second kappa shape index (κ2) is 7.33. The summed E-state index contributed by atoms with van der Waals surface area (Å²) in [5.41, 5.74) is 5.32. The van der Waals surface area contributed by atoms with E-state index in [0.717, 1.165) is 60.8 Å². The van der Waals surface area contributed by atoms with Crippen LogP contribution in [-0.4, -0.2) is 43.9 Å². The van der Waals surface area contributed by atoms with Crippen LogP contribution in [0.25, 0.3) is 22.6 Å². The van der Waals surface area contributed by atoms with Crippen LogP contribution in [-0.2, 0) is 12.8 Å². The summed E-state index contributed by atoms with van der Waals surface area (Å²) in [6.07, 6.45) is 9.21. The Morgan fingerprint density at radius 3 is 2.57 bits per heavy atom. The van der Waals surface area contributed by atoms with Gasteiger partial charge in [0.05, 0.1) is 5.56 Å². The number of nitrogens with one attached hydrogen (secondary N) is 1. The van der Waals surface area contributed by atoms with Crippen LogP contribution in [0.2, 0.25) is 0 Å². The van der Waals surface area contributed by atoms with Crippen molar-refractivity contribution in [3.63, 3.8) is 0 Å². The fraction of sp³-hybridized carbons (Fsp3) is 0.550. The van der Waals surface area contributed by atoms with E-state index < -0.39 is 0 Å². The Bertz CT molecular complexity index is 957. The lowest BCUT2D eigenvalue weighted by atomic mass is 9.93. The van der Waals surface area contributed by atoms with Gasteiger partial charge in [0.1, 0.15) is 17.3 Å². The summed E-state index contributed by atoms with van der Waals surface area (Å²) in [6.45, 7) is 3.94. The van der Waals surface area contributed by atoms with Crippen molar-refractivity contribution in [2.24, 2.45) is 0 Å². The summed E-state index contributed by atoms with van der Waals surface area (Å²) in [5.74, 6) is 2.35. The van der Waals surface area contributed by atoms with E-state index in [1.807, 2.05) is 13.0 Å². The third-order valence-corrected chi connectivity index (χ3v) is 5.81. The van der Waals surface area contributed by atoms with Crippen molar-refractivity contribution in [2.45, 2.75) is 58.3 Å². The number of aromatic amines is 1. The van der Waals surface area contributed by atoms with Gasteiger partial charge in [0.2, 0.25) is 5.82 Å². The molecule has 0 radical (unpaired) electrons. The minimum Gasteiger partial charge on any atom is -0.361 e. The van der Waals surface area contributed by atoms with Crippen LogP contribution in [0.3, 0.4) is 0 Å². The standard InChI is InChI=1S/C20H25N7O/c1-13-12-16(24-28-13)17-14-8-4-2-5-9-15(14)21-20(27-10-6-3-7-11-27)18(17)19-22-25-26-23-19/h12H,2-11H2,1H3,(H,22,23,25,26). The number of fused-ring (bicyclic) bond motifs is 1. The van der Waals surface area contributed by atoms with E-state index in [1.165, 1.54) is 43.4 Å². The van der Waals surface area contributed by atoms with Crippen LogP contribution in [0.4, 0.5) is 5.82 Å². The number of pyridine rings is 1. The summed E-state index contributed by atoms with van der Waals surface area (Å²) in [4.78, 5) is 7.58. The molecule has 1 fully saturated rings. The second-order valence-electron chi connectivity index (χ2n) is 7.78. The largest absolute Gasteiger partial charge is 0.361 e. The molecule has 0 aromatic carbocycles. The molecular formula is C20H25N7O. The number of hydrogen-bond acceptors (Lipinski definition) is 7. The molecule has 1 saturated heterocycles. The van der Waals surface area contributed by atoms with Gasteiger partial charge in [-0.05, 0) is 62.6 Å². The minimum absolute atomic E-state index is 0.579. The van der Waals surface area contributed by atoms with Gasteiger partial charge in [-0.25, -0.2) is 4.98 Å². The molecule has 3 aromatic rings. The smallest absolute Gasteiger partial charge is 0.209 e. The third-order valence-electron chi connectivity index (χ3n) is 5.81. The Labute approximate surface area is 163 Å². The van der Waals surface area contributed by atoms with Gasteiger partial charge in [-0.1, -0.05) is 11.6 Å². The number of piperidine rings is 1. The summed E-state index contributed by atoms with van der Waals surface area (Å²) < 4.78 is 5.45. The van der Waals surface area contributed by atoms with Gasteiger partial charge in [0.15, 0.2) is 0 Å². The third kappa shape index (κ3) is 3.06. The Morgan fingerprint density at radius 1 is 1.00 bits per heavy atom. The molecule has 8 nitrogen and oxygen atoms in total. The Balaban J connectivity index is 1.80. The fourth-order valence-electron chi connectivity index (χ4n) is 4.49. The van der Waals surface area contributed by atoms with E-state index in [2.05, 4.69) is 30.7 Å². The molecule has 0 atom stereocenters. The Hall–Kier alpha value is -2.77. The Kier molecular flexibility index (Phi) is 4.54. The van der Waals surface area contributed by atoms with Gasteiger partial charge in [0.25, 0.3) is 0 Å². The molecule has 28 heavy (non-hydrogen) atoms. The maximum absolute atomic E-state index is 5.45. The van der Waals surface area contributed by atoms with Crippen molar-refractivity contribution >= 4 is 5.82 Å². The van der Waals surface area contributed by atoms with E-state index in [-0.39, 0.29) is 0 Å². The van der Waals surface area contributed by atoms with E-state index in [0.29, 0.717) is 5.82 Å². The molecule has 5 rings (SSSR count). The first-order chi connectivity index (χ1) is 13.8. The first-order valence-electron chi connectivity index (χ1n) is 10.3. The van der Waals surface area contributed by atoms with E-state index in [9.17, 15) is 0 Å².